The lowest BCUT2D eigenvalue weighted by atomic mass is 9.98. The van der Waals surface area contributed by atoms with Crippen LogP contribution in [-0.4, -0.2) is 135 Å². The average Bonchev–Trinajstić information content (AvgIpc) is 2.66. The Morgan fingerprint density at radius 2 is 1.29 bits per heavy atom. The van der Waals surface area contributed by atoms with Crippen LogP contribution in [0.1, 0.15) is 0 Å². The van der Waals surface area contributed by atoms with E-state index in [4.69, 9.17) is 29.3 Å². The van der Waals surface area contributed by atoms with Crippen LogP contribution in [-0.2, 0) is 18.9 Å². The maximum absolute atomic E-state index is 10.1. The lowest BCUT2D eigenvalue weighted by molar-refractivity contribution is -0.333. The molecule has 2 fully saturated rings. The minimum atomic E-state index is -1.65. The zero-order chi connectivity index (χ0) is 21.0. The summed E-state index contributed by atoms with van der Waals surface area (Å²) in [5, 5.41) is 78.1. The monoisotopic (exact) mass is 416 g/mol. The van der Waals surface area contributed by atoms with E-state index in [1.165, 1.54) is 7.05 Å². The van der Waals surface area contributed by atoms with Crippen LogP contribution in [0.3, 0.4) is 0 Å². The maximum atomic E-state index is 10.1. The van der Waals surface area contributed by atoms with Gasteiger partial charge in [0.1, 0.15) is 55.6 Å². The van der Waals surface area contributed by atoms with Crippen molar-refractivity contribution in [2.45, 2.75) is 61.4 Å². The van der Waals surface area contributed by atoms with Gasteiger partial charge in [0.15, 0.2) is 12.6 Å². The molecule has 9 N–H and O–H groups in total. The summed E-state index contributed by atoms with van der Waals surface area (Å²) >= 11 is 0. The molecular weight excluding hydrogens is 388 g/mol. The molecule has 0 aromatic carbocycles. The van der Waals surface area contributed by atoms with Gasteiger partial charge in [0.05, 0.1) is 13.2 Å². The first-order valence-electron chi connectivity index (χ1n) is 8.56. The van der Waals surface area contributed by atoms with Crippen molar-refractivity contribution in [3.05, 3.63) is 0 Å². The molecule has 2 rings (SSSR count). The number of rotatable bonds is 8. The number of nitrogens with zero attached hydrogens (tertiary/aromatic N) is 1. The molecule has 0 aromatic rings. The van der Waals surface area contributed by atoms with Gasteiger partial charge in [0.25, 0.3) is 0 Å². The van der Waals surface area contributed by atoms with Gasteiger partial charge in [-0.3, -0.25) is 5.21 Å². The fourth-order valence-corrected chi connectivity index (χ4v) is 2.80. The van der Waals surface area contributed by atoms with Crippen molar-refractivity contribution in [2.24, 2.45) is 0 Å². The number of hydroxylamine groups is 1. The second-order valence-corrected chi connectivity index (χ2v) is 6.54. The second kappa shape index (κ2) is 10.5. The lowest BCUT2D eigenvalue weighted by Gasteiger charge is -2.42. The smallest absolute Gasteiger partial charge is 0.188 e. The fraction of sp³-hybridized carbons (Fsp3) is 1.00. The minimum absolute atomic E-state index is 0.294. The molecule has 0 saturated carbocycles. The van der Waals surface area contributed by atoms with Gasteiger partial charge >= 0.3 is 0 Å². The van der Waals surface area contributed by atoms with E-state index < -0.39 is 74.6 Å². The summed E-state index contributed by atoms with van der Waals surface area (Å²) in [6.45, 7) is -1.39. The van der Waals surface area contributed by atoms with E-state index in [2.05, 4.69) is 5.43 Å². The highest BCUT2D eigenvalue weighted by Crippen LogP contribution is 2.25. The molecule has 0 radical (unpaired) electrons. The molecular formula is C14H28N2O12. The number of hydrogen-bond donors (Lipinski definition) is 9. The highest BCUT2D eigenvalue weighted by Gasteiger charge is 2.47. The Balaban J connectivity index is 1.93. The van der Waals surface area contributed by atoms with Gasteiger partial charge in [-0.2, -0.15) is 0 Å². The molecule has 0 bridgehead atoms. The SMILES string of the molecule is CN(O)NCOC1OC(COC2OC(CO)C(O)C(O)C2O)C(O)C(O)C1O. The van der Waals surface area contributed by atoms with E-state index in [0.29, 0.717) is 5.17 Å². The van der Waals surface area contributed by atoms with Crippen molar-refractivity contribution < 1.29 is 59.9 Å². The third-order valence-electron chi connectivity index (χ3n) is 4.48. The summed E-state index contributed by atoms with van der Waals surface area (Å²) in [6, 6.07) is 0. The van der Waals surface area contributed by atoms with Crippen molar-refractivity contribution in [1.82, 2.24) is 10.6 Å². The van der Waals surface area contributed by atoms with E-state index in [1.54, 1.807) is 0 Å². The quantitative estimate of drug-likeness (QED) is 0.133. The number of ether oxygens (including phenoxy) is 4. The second-order valence-electron chi connectivity index (χ2n) is 6.54. The van der Waals surface area contributed by atoms with Crippen molar-refractivity contribution in [3.8, 4) is 0 Å². The molecule has 14 heteroatoms. The van der Waals surface area contributed by atoms with Gasteiger partial charge in [-0.1, -0.05) is 0 Å². The van der Waals surface area contributed by atoms with Crippen LogP contribution < -0.4 is 5.43 Å². The van der Waals surface area contributed by atoms with E-state index >= 15 is 0 Å². The van der Waals surface area contributed by atoms with E-state index in [1.807, 2.05) is 0 Å². The molecule has 0 aromatic heterocycles. The molecule has 2 aliphatic heterocycles. The summed E-state index contributed by atoms with van der Waals surface area (Å²) in [5.41, 5.74) is 2.34. The number of aliphatic hydroxyl groups excluding tert-OH is 7. The Kier molecular flexibility index (Phi) is 8.86. The molecule has 166 valence electrons. The van der Waals surface area contributed by atoms with Crippen LogP contribution in [0.25, 0.3) is 0 Å². The van der Waals surface area contributed by atoms with Crippen LogP contribution in [0, 0.1) is 0 Å². The first kappa shape index (κ1) is 23.7. The number of nitrogens with one attached hydrogen (secondary N) is 1. The van der Waals surface area contributed by atoms with Gasteiger partial charge in [0, 0.05) is 7.05 Å². The standard InChI is InChI=1S/C14H28N2O12/c1-16(24)15-4-26-14-12(23)10(21)8(19)6(28-14)3-25-13-11(22)9(20)7(18)5(2-17)27-13/h5-15,17-24H,2-4H2,1H3. The summed E-state index contributed by atoms with van der Waals surface area (Å²) in [7, 11) is 1.28. The number of aliphatic hydroxyl groups is 7. The molecule has 2 aliphatic rings. The van der Waals surface area contributed by atoms with E-state index in [-0.39, 0.29) is 6.73 Å². The molecule has 28 heavy (non-hydrogen) atoms. The van der Waals surface area contributed by atoms with Crippen LogP contribution >= 0.6 is 0 Å². The largest absolute Gasteiger partial charge is 0.394 e. The first-order chi connectivity index (χ1) is 13.2. The topological polar surface area (TPSA) is 214 Å². The molecule has 0 aliphatic carbocycles. The molecule has 10 unspecified atom stereocenters. The van der Waals surface area contributed by atoms with Crippen LogP contribution in [0.2, 0.25) is 0 Å². The van der Waals surface area contributed by atoms with E-state index in [9.17, 15) is 30.6 Å². The summed E-state index contributed by atoms with van der Waals surface area (Å²) in [6.07, 6.45) is -14.9. The Morgan fingerprint density at radius 1 is 0.786 bits per heavy atom. The average molecular weight is 416 g/mol. The Morgan fingerprint density at radius 3 is 1.82 bits per heavy atom. The Labute approximate surface area is 160 Å². The molecule has 2 saturated heterocycles. The van der Waals surface area contributed by atoms with Crippen molar-refractivity contribution in [3.63, 3.8) is 0 Å². The normalized spacial score (nSPS) is 44.8. The number of hydrazine groups is 1. The Hall–Kier alpha value is -0.560. The fourth-order valence-electron chi connectivity index (χ4n) is 2.80. The zero-order valence-electron chi connectivity index (χ0n) is 15.1. The number of hydrogen-bond acceptors (Lipinski definition) is 14. The lowest BCUT2D eigenvalue weighted by Crippen LogP contribution is -2.62. The Bertz CT molecular complexity index is 472. The molecule has 2 heterocycles. The molecule has 14 nitrogen and oxygen atoms in total. The van der Waals surface area contributed by atoms with Crippen molar-refractivity contribution in [2.75, 3.05) is 27.0 Å². The summed E-state index contributed by atoms with van der Waals surface area (Å²) in [4.78, 5) is 0. The van der Waals surface area contributed by atoms with Gasteiger partial charge in [-0.05, 0) is 0 Å². The van der Waals surface area contributed by atoms with Crippen molar-refractivity contribution in [1.29, 1.82) is 0 Å². The maximum Gasteiger partial charge on any atom is 0.188 e. The van der Waals surface area contributed by atoms with Crippen LogP contribution in [0.15, 0.2) is 0 Å². The van der Waals surface area contributed by atoms with Crippen molar-refractivity contribution >= 4 is 0 Å². The van der Waals surface area contributed by atoms with E-state index in [0.717, 1.165) is 0 Å². The predicted octanol–water partition coefficient (Wildman–Crippen LogP) is -5.59. The van der Waals surface area contributed by atoms with Gasteiger partial charge < -0.3 is 54.7 Å². The third kappa shape index (κ3) is 5.53. The molecule has 0 spiro atoms. The molecule has 10 atom stereocenters. The van der Waals surface area contributed by atoms with Gasteiger partial charge in [0.2, 0.25) is 0 Å². The van der Waals surface area contributed by atoms with Crippen LogP contribution in [0.5, 0.6) is 0 Å². The van der Waals surface area contributed by atoms with Gasteiger partial charge in [-0.15, -0.1) is 5.17 Å². The minimum Gasteiger partial charge on any atom is -0.394 e. The predicted molar refractivity (Wildman–Crippen MR) is 85.0 cm³/mol. The highest BCUT2D eigenvalue weighted by molar-refractivity contribution is 4.91. The third-order valence-corrected chi connectivity index (χ3v) is 4.48. The first-order valence-corrected chi connectivity index (χ1v) is 8.56. The zero-order valence-corrected chi connectivity index (χ0v) is 15.1. The summed E-state index contributed by atoms with van der Waals surface area (Å²) < 4.78 is 20.9. The summed E-state index contributed by atoms with van der Waals surface area (Å²) in [5.74, 6) is 0. The van der Waals surface area contributed by atoms with Crippen LogP contribution in [0.4, 0.5) is 0 Å². The molecule has 0 amide bonds. The van der Waals surface area contributed by atoms with Gasteiger partial charge in [-0.25, -0.2) is 5.43 Å². The highest BCUT2D eigenvalue weighted by atomic mass is 16.7.